The van der Waals surface area contributed by atoms with Crippen LogP contribution < -0.4 is 10.2 Å². The first kappa shape index (κ1) is 22.3. The van der Waals surface area contributed by atoms with E-state index in [2.05, 4.69) is 27.0 Å². The Balaban J connectivity index is 1.54. The molecule has 0 saturated carbocycles. The molecule has 0 spiro atoms. The number of carbonyl (C=O) groups excluding carboxylic acids is 2. The van der Waals surface area contributed by atoms with E-state index in [1.165, 1.54) is 6.92 Å². The summed E-state index contributed by atoms with van der Waals surface area (Å²) in [5.41, 5.74) is 2.81. The van der Waals surface area contributed by atoms with Crippen LogP contribution in [-0.4, -0.2) is 76.8 Å². The molecular formula is C23H26N4O4. The molecule has 1 aliphatic rings. The van der Waals surface area contributed by atoms with Gasteiger partial charge in [0.25, 0.3) is 0 Å². The van der Waals surface area contributed by atoms with Crippen molar-refractivity contribution in [2.75, 3.05) is 37.7 Å². The molecule has 2 atom stereocenters. The largest absolute Gasteiger partial charge is 0.391 e. The first-order valence-corrected chi connectivity index (χ1v) is 10.1. The third kappa shape index (κ3) is 6.04. The Morgan fingerprint density at radius 1 is 1.10 bits per heavy atom. The lowest BCUT2D eigenvalue weighted by atomic mass is 10.1. The van der Waals surface area contributed by atoms with Gasteiger partial charge in [-0.05, 0) is 43.3 Å². The molecule has 31 heavy (non-hydrogen) atoms. The summed E-state index contributed by atoms with van der Waals surface area (Å²) in [5, 5.41) is 21.2. The first-order chi connectivity index (χ1) is 15.0. The number of rotatable bonds is 5. The highest BCUT2D eigenvalue weighted by molar-refractivity contribution is 5.89. The molecule has 2 aromatic rings. The van der Waals surface area contributed by atoms with Gasteiger partial charge in [-0.25, -0.2) is 4.79 Å². The number of aromatic nitrogens is 1. The Morgan fingerprint density at radius 2 is 1.77 bits per heavy atom. The van der Waals surface area contributed by atoms with Gasteiger partial charge in [0.05, 0.1) is 6.10 Å². The number of nitrogens with zero attached hydrogens (tertiary/aromatic N) is 3. The number of amides is 2. The third-order valence-electron chi connectivity index (χ3n) is 5.08. The molecule has 8 heteroatoms. The number of pyridine rings is 1. The van der Waals surface area contributed by atoms with Crippen molar-refractivity contribution in [1.82, 2.24) is 15.2 Å². The van der Waals surface area contributed by atoms with Crippen molar-refractivity contribution >= 4 is 17.5 Å². The standard InChI is InChI=1S/C23H26N4O4/c1-17(29)22(21(30)16-28)25-23(31)27-13-11-26(12-14-27)20-8-6-18(7-9-20)4-5-19-3-2-10-24-15-19/h2-3,6-10,15,17,22,28-29H,11-14,16H2,1H3,(H,25,31)/t17-,22+/m0/s1. The Kier molecular flexibility index (Phi) is 7.60. The van der Waals surface area contributed by atoms with Crippen LogP contribution in [-0.2, 0) is 4.79 Å². The van der Waals surface area contributed by atoms with Gasteiger partial charge in [-0.1, -0.05) is 11.8 Å². The number of aliphatic hydroxyl groups excluding tert-OH is 2. The predicted octanol–water partition coefficient (Wildman–Crippen LogP) is 0.624. The summed E-state index contributed by atoms with van der Waals surface area (Å²) in [4.78, 5) is 32.0. The van der Waals surface area contributed by atoms with E-state index < -0.39 is 30.6 Å². The highest BCUT2D eigenvalue weighted by atomic mass is 16.3. The molecule has 0 bridgehead atoms. The number of hydrogen-bond donors (Lipinski definition) is 3. The van der Waals surface area contributed by atoms with Crippen molar-refractivity contribution in [3.8, 4) is 11.8 Å². The fourth-order valence-electron chi connectivity index (χ4n) is 3.30. The van der Waals surface area contributed by atoms with Crippen molar-refractivity contribution in [2.24, 2.45) is 0 Å². The maximum Gasteiger partial charge on any atom is 0.318 e. The molecule has 1 aromatic heterocycles. The predicted molar refractivity (Wildman–Crippen MR) is 117 cm³/mol. The van der Waals surface area contributed by atoms with Crippen LogP contribution in [0.15, 0.2) is 48.8 Å². The molecule has 8 nitrogen and oxygen atoms in total. The number of Topliss-reactive ketones (excluding diaryl/α,β-unsaturated/α-hetero) is 1. The van der Waals surface area contributed by atoms with Gasteiger partial charge in [0.15, 0.2) is 5.78 Å². The highest BCUT2D eigenvalue weighted by Crippen LogP contribution is 2.17. The maximum absolute atomic E-state index is 12.4. The first-order valence-electron chi connectivity index (χ1n) is 10.1. The number of hydrogen-bond acceptors (Lipinski definition) is 6. The zero-order valence-electron chi connectivity index (χ0n) is 17.4. The number of piperazine rings is 1. The molecule has 3 N–H and O–H groups in total. The zero-order chi connectivity index (χ0) is 22.2. The SMILES string of the molecule is C[C@H](O)[C@@H](NC(=O)N1CCN(c2ccc(C#Cc3cccnc3)cc2)CC1)C(=O)CO. The Labute approximate surface area is 181 Å². The number of anilines is 1. The normalized spacial score (nSPS) is 15.5. The van der Waals surface area contributed by atoms with Crippen LogP contribution in [0.4, 0.5) is 10.5 Å². The second kappa shape index (κ2) is 10.6. The lowest BCUT2D eigenvalue weighted by Crippen LogP contribution is -2.57. The topological polar surface area (TPSA) is 106 Å². The van der Waals surface area contributed by atoms with Crippen molar-refractivity contribution < 1.29 is 19.8 Å². The summed E-state index contributed by atoms with van der Waals surface area (Å²) in [6.45, 7) is 2.92. The van der Waals surface area contributed by atoms with Gasteiger partial charge in [0.2, 0.25) is 0 Å². The van der Waals surface area contributed by atoms with Crippen molar-refractivity contribution in [3.05, 3.63) is 59.9 Å². The highest BCUT2D eigenvalue weighted by Gasteiger charge is 2.28. The fraction of sp³-hybridized carbons (Fsp3) is 0.348. The van der Waals surface area contributed by atoms with Crippen LogP contribution in [0.3, 0.4) is 0 Å². The van der Waals surface area contributed by atoms with Crippen LogP contribution in [0.1, 0.15) is 18.1 Å². The van der Waals surface area contributed by atoms with Gasteiger partial charge in [-0.3, -0.25) is 9.78 Å². The second-order valence-electron chi connectivity index (χ2n) is 7.30. The Bertz CT molecular complexity index is 943. The van der Waals surface area contributed by atoms with E-state index in [9.17, 15) is 14.7 Å². The number of benzene rings is 1. The Hall–Kier alpha value is -3.41. The van der Waals surface area contributed by atoms with E-state index in [4.69, 9.17) is 5.11 Å². The van der Waals surface area contributed by atoms with Gasteiger partial charge in [-0.15, -0.1) is 0 Å². The average Bonchev–Trinajstić information content (AvgIpc) is 2.81. The molecule has 1 aromatic carbocycles. The molecule has 162 valence electrons. The van der Waals surface area contributed by atoms with E-state index in [0.29, 0.717) is 26.2 Å². The van der Waals surface area contributed by atoms with Crippen LogP contribution in [0.25, 0.3) is 0 Å². The molecule has 2 heterocycles. The number of carbonyl (C=O) groups is 2. The minimum atomic E-state index is -1.11. The smallest absolute Gasteiger partial charge is 0.318 e. The minimum absolute atomic E-state index is 0.423. The number of ketones is 1. The third-order valence-corrected chi connectivity index (χ3v) is 5.08. The minimum Gasteiger partial charge on any atom is -0.391 e. The van der Waals surface area contributed by atoms with Crippen molar-refractivity contribution in [3.63, 3.8) is 0 Å². The molecule has 2 amide bonds. The maximum atomic E-state index is 12.4. The second-order valence-corrected chi connectivity index (χ2v) is 7.30. The van der Waals surface area contributed by atoms with E-state index in [0.717, 1.165) is 16.8 Å². The van der Waals surface area contributed by atoms with Gasteiger partial charge in [0, 0.05) is 55.4 Å². The summed E-state index contributed by atoms with van der Waals surface area (Å²) in [7, 11) is 0. The number of nitrogens with one attached hydrogen (secondary N) is 1. The van der Waals surface area contributed by atoms with Crippen molar-refractivity contribution in [1.29, 1.82) is 0 Å². The molecular weight excluding hydrogens is 396 g/mol. The van der Waals surface area contributed by atoms with Gasteiger partial charge < -0.3 is 25.3 Å². The van der Waals surface area contributed by atoms with Crippen LogP contribution in [0.2, 0.25) is 0 Å². The summed E-state index contributed by atoms with van der Waals surface area (Å²) in [5.74, 6) is 5.58. The molecule has 1 fully saturated rings. The van der Waals surface area contributed by atoms with Crippen LogP contribution >= 0.6 is 0 Å². The van der Waals surface area contributed by atoms with E-state index in [-0.39, 0.29) is 0 Å². The molecule has 1 aliphatic heterocycles. The number of urea groups is 1. The number of aliphatic hydroxyl groups is 2. The summed E-state index contributed by atoms with van der Waals surface area (Å²) in [6, 6.07) is 10.2. The van der Waals surface area contributed by atoms with Crippen LogP contribution in [0, 0.1) is 11.8 Å². The quantitative estimate of drug-likeness (QED) is 0.610. The fourth-order valence-corrected chi connectivity index (χ4v) is 3.30. The van der Waals surface area contributed by atoms with Gasteiger partial charge >= 0.3 is 6.03 Å². The Morgan fingerprint density at radius 3 is 2.35 bits per heavy atom. The van der Waals surface area contributed by atoms with E-state index >= 15 is 0 Å². The van der Waals surface area contributed by atoms with Gasteiger partial charge in [-0.2, -0.15) is 0 Å². The molecule has 0 unspecified atom stereocenters. The molecule has 3 rings (SSSR count). The lowest BCUT2D eigenvalue weighted by Gasteiger charge is -2.36. The van der Waals surface area contributed by atoms with E-state index in [1.54, 1.807) is 17.3 Å². The zero-order valence-corrected chi connectivity index (χ0v) is 17.4. The summed E-state index contributed by atoms with van der Waals surface area (Å²) >= 11 is 0. The van der Waals surface area contributed by atoms with Crippen LogP contribution in [0.5, 0.6) is 0 Å². The lowest BCUT2D eigenvalue weighted by molar-refractivity contribution is -0.125. The van der Waals surface area contributed by atoms with Crippen molar-refractivity contribution in [2.45, 2.75) is 19.1 Å². The summed E-state index contributed by atoms with van der Waals surface area (Å²) < 4.78 is 0. The average molecular weight is 422 g/mol. The monoisotopic (exact) mass is 422 g/mol. The van der Waals surface area contributed by atoms with Gasteiger partial charge in [0.1, 0.15) is 12.6 Å². The summed E-state index contributed by atoms with van der Waals surface area (Å²) in [6.07, 6.45) is 2.36. The molecule has 0 radical (unpaired) electrons. The molecule has 0 aliphatic carbocycles. The van der Waals surface area contributed by atoms with E-state index in [1.807, 2.05) is 36.4 Å². The molecule has 1 saturated heterocycles.